The number of H-pyrrole nitrogens is 1. The van der Waals surface area contributed by atoms with E-state index in [9.17, 15) is 18.8 Å². The molecule has 154 valence electrons. The van der Waals surface area contributed by atoms with Crippen LogP contribution in [0.25, 0.3) is 5.69 Å². The smallest absolute Gasteiger partial charge is 0.276 e. The van der Waals surface area contributed by atoms with Crippen LogP contribution in [-0.2, 0) is 16.0 Å². The van der Waals surface area contributed by atoms with Crippen LogP contribution in [0.3, 0.4) is 0 Å². The molecular formula is C21H18ClFN4O3. The quantitative estimate of drug-likeness (QED) is 0.668. The third kappa shape index (κ3) is 3.39. The van der Waals surface area contributed by atoms with Gasteiger partial charge in [-0.3, -0.25) is 19.5 Å². The van der Waals surface area contributed by atoms with E-state index in [4.69, 9.17) is 11.6 Å². The number of aromatic amines is 1. The zero-order chi connectivity index (χ0) is 21.6. The fourth-order valence-corrected chi connectivity index (χ4v) is 3.93. The molecule has 0 fully saturated rings. The summed E-state index contributed by atoms with van der Waals surface area (Å²) in [5.74, 6) is -1.00. The summed E-state index contributed by atoms with van der Waals surface area (Å²) in [7, 11) is 0. The Morgan fingerprint density at radius 1 is 1.20 bits per heavy atom. The van der Waals surface area contributed by atoms with Crippen LogP contribution in [0.15, 0.2) is 47.3 Å². The van der Waals surface area contributed by atoms with Crippen LogP contribution in [0, 0.1) is 5.82 Å². The van der Waals surface area contributed by atoms with Gasteiger partial charge in [0, 0.05) is 18.3 Å². The Labute approximate surface area is 176 Å². The zero-order valence-corrected chi connectivity index (χ0v) is 17.0. The lowest BCUT2D eigenvalue weighted by molar-refractivity contribution is -0.119. The van der Waals surface area contributed by atoms with Crippen LogP contribution in [0.5, 0.6) is 0 Å². The van der Waals surface area contributed by atoms with Crippen LogP contribution in [0.1, 0.15) is 31.1 Å². The van der Waals surface area contributed by atoms with Crippen molar-refractivity contribution >= 4 is 34.8 Å². The maximum atomic E-state index is 13.5. The third-order valence-electron chi connectivity index (χ3n) is 5.01. The molecule has 0 bridgehead atoms. The van der Waals surface area contributed by atoms with Gasteiger partial charge in [0.25, 0.3) is 5.56 Å². The number of rotatable bonds is 3. The second-order valence-electron chi connectivity index (χ2n) is 7.09. The SMILES string of the molecule is CC(=O)Nc1cccc(N2C(=O)Cc3[nH]n(-c4ccc(F)c(Cl)c4)c(=O)c3C2C)c1. The molecule has 0 aliphatic carbocycles. The van der Waals surface area contributed by atoms with Gasteiger partial charge in [0.1, 0.15) is 5.82 Å². The number of benzene rings is 2. The molecular weight excluding hydrogens is 411 g/mol. The van der Waals surface area contributed by atoms with Crippen LogP contribution in [-0.4, -0.2) is 21.6 Å². The molecule has 1 atom stereocenters. The van der Waals surface area contributed by atoms with Gasteiger partial charge in [-0.1, -0.05) is 17.7 Å². The largest absolute Gasteiger partial charge is 0.326 e. The summed E-state index contributed by atoms with van der Waals surface area (Å²) in [4.78, 5) is 38.9. The van der Waals surface area contributed by atoms with Gasteiger partial charge in [-0.15, -0.1) is 0 Å². The highest BCUT2D eigenvalue weighted by atomic mass is 35.5. The Morgan fingerprint density at radius 2 is 1.97 bits per heavy atom. The molecule has 1 aliphatic heterocycles. The van der Waals surface area contributed by atoms with Gasteiger partial charge in [-0.05, 0) is 43.3 Å². The average molecular weight is 429 g/mol. The molecule has 2 N–H and O–H groups in total. The maximum Gasteiger partial charge on any atom is 0.276 e. The first-order chi connectivity index (χ1) is 14.3. The first-order valence-electron chi connectivity index (χ1n) is 9.25. The third-order valence-corrected chi connectivity index (χ3v) is 5.30. The summed E-state index contributed by atoms with van der Waals surface area (Å²) in [5, 5.41) is 5.54. The molecule has 4 rings (SSSR count). The van der Waals surface area contributed by atoms with E-state index < -0.39 is 11.9 Å². The molecule has 0 radical (unpaired) electrons. The summed E-state index contributed by atoms with van der Waals surface area (Å²) < 4.78 is 14.8. The van der Waals surface area contributed by atoms with Crippen molar-refractivity contribution in [3.05, 3.63) is 74.9 Å². The lowest BCUT2D eigenvalue weighted by Gasteiger charge is -2.32. The highest BCUT2D eigenvalue weighted by Crippen LogP contribution is 2.33. The first-order valence-corrected chi connectivity index (χ1v) is 9.63. The van der Waals surface area contributed by atoms with Gasteiger partial charge >= 0.3 is 0 Å². The van der Waals surface area contributed by atoms with Crippen molar-refractivity contribution in [2.24, 2.45) is 0 Å². The zero-order valence-electron chi connectivity index (χ0n) is 16.2. The van der Waals surface area contributed by atoms with Crippen LogP contribution < -0.4 is 15.8 Å². The molecule has 2 heterocycles. The number of hydrogen-bond acceptors (Lipinski definition) is 3. The van der Waals surface area contributed by atoms with E-state index in [0.29, 0.717) is 28.3 Å². The Kier molecular flexibility index (Phi) is 4.95. The molecule has 2 aromatic carbocycles. The fraction of sp³-hybridized carbons (Fsp3) is 0.190. The number of aromatic nitrogens is 2. The van der Waals surface area contributed by atoms with Crippen LogP contribution in [0.2, 0.25) is 5.02 Å². The Bertz CT molecular complexity index is 1230. The maximum absolute atomic E-state index is 13.5. The van der Waals surface area contributed by atoms with Crippen molar-refractivity contribution < 1.29 is 14.0 Å². The lowest BCUT2D eigenvalue weighted by Crippen LogP contribution is -2.41. The number of nitrogens with zero attached hydrogens (tertiary/aromatic N) is 2. The highest BCUT2D eigenvalue weighted by Gasteiger charge is 2.35. The molecule has 0 saturated heterocycles. The second kappa shape index (κ2) is 7.46. The van der Waals surface area contributed by atoms with Gasteiger partial charge in [0.2, 0.25) is 11.8 Å². The van der Waals surface area contributed by atoms with Crippen molar-refractivity contribution in [1.29, 1.82) is 0 Å². The van der Waals surface area contributed by atoms with Gasteiger partial charge in [0.15, 0.2) is 0 Å². The van der Waals surface area contributed by atoms with Crippen molar-refractivity contribution in [2.75, 3.05) is 10.2 Å². The number of anilines is 2. The van der Waals surface area contributed by atoms with Gasteiger partial charge in [-0.2, -0.15) is 0 Å². The molecule has 30 heavy (non-hydrogen) atoms. The summed E-state index contributed by atoms with van der Waals surface area (Å²) in [6.07, 6.45) is 0.00120. The van der Waals surface area contributed by atoms with E-state index in [-0.39, 0.29) is 28.8 Å². The molecule has 0 saturated carbocycles. The lowest BCUT2D eigenvalue weighted by atomic mass is 9.99. The average Bonchev–Trinajstić information content (AvgIpc) is 3.00. The number of fused-ring (bicyclic) bond motifs is 1. The summed E-state index contributed by atoms with van der Waals surface area (Å²) >= 11 is 5.85. The van der Waals surface area contributed by atoms with Gasteiger partial charge in [-0.25, -0.2) is 9.07 Å². The Balaban J connectivity index is 1.76. The normalized spacial score (nSPS) is 15.8. The minimum Gasteiger partial charge on any atom is -0.326 e. The Morgan fingerprint density at radius 3 is 2.67 bits per heavy atom. The molecule has 1 aromatic heterocycles. The highest BCUT2D eigenvalue weighted by molar-refractivity contribution is 6.30. The van der Waals surface area contributed by atoms with Crippen molar-refractivity contribution in [3.8, 4) is 5.69 Å². The monoisotopic (exact) mass is 428 g/mol. The predicted octanol–water partition coefficient (Wildman–Crippen LogP) is 3.57. The standard InChI is InChI=1S/C21H18ClFN4O3/c1-11-20-18(25-27(21(20)30)15-6-7-17(23)16(22)9-15)10-19(29)26(11)14-5-3-4-13(8-14)24-12(2)28/h3-9,11,25H,10H2,1-2H3,(H,24,28). The number of nitrogens with one attached hydrogen (secondary N) is 2. The minimum atomic E-state index is -0.585. The number of carbonyl (C=O) groups is 2. The van der Waals surface area contributed by atoms with Gasteiger partial charge in [0.05, 0.1) is 34.4 Å². The summed E-state index contributed by atoms with van der Waals surface area (Å²) in [5.41, 5.74) is 2.11. The van der Waals surface area contributed by atoms with E-state index in [1.807, 2.05) is 0 Å². The number of hydrogen-bond donors (Lipinski definition) is 2. The topological polar surface area (TPSA) is 87.2 Å². The second-order valence-corrected chi connectivity index (χ2v) is 7.50. The van der Waals surface area contributed by atoms with E-state index in [1.54, 1.807) is 31.2 Å². The van der Waals surface area contributed by atoms with Crippen molar-refractivity contribution in [1.82, 2.24) is 9.78 Å². The van der Waals surface area contributed by atoms with Gasteiger partial charge < -0.3 is 10.2 Å². The van der Waals surface area contributed by atoms with Crippen molar-refractivity contribution in [3.63, 3.8) is 0 Å². The minimum absolute atomic E-state index is 0.00120. The van der Waals surface area contributed by atoms with E-state index >= 15 is 0 Å². The Hall–Kier alpha value is -3.39. The first kappa shape index (κ1) is 19.9. The number of halogens is 2. The van der Waals surface area contributed by atoms with E-state index in [1.165, 1.54) is 34.7 Å². The van der Waals surface area contributed by atoms with Crippen LogP contribution >= 0.6 is 11.6 Å². The summed E-state index contributed by atoms with van der Waals surface area (Å²) in [6, 6.07) is 10.3. The van der Waals surface area contributed by atoms with E-state index in [2.05, 4.69) is 10.4 Å². The molecule has 1 aliphatic rings. The van der Waals surface area contributed by atoms with E-state index in [0.717, 1.165) is 0 Å². The fourth-order valence-electron chi connectivity index (χ4n) is 3.75. The summed E-state index contributed by atoms with van der Waals surface area (Å²) in [6.45, 7) is 3.16. The molecule has 7 nitrogen and oxygen atoms in total. The molecule has 2 amide bonds. The molecule has 9 heteroatoms. The number of amides is 2. The molecule has 3 aromatic rings. The predicted molar refractivity (Wildman–Crippen MR) is 112 cm³/mol. The number of carbonyl (C=O) groups excluding carboxylic acids is 2. The van der Waals surface area contributed by atoms with Crippen molar-refractivity contribution in [2.45, 2.75) is 26.3 Å². The molecule has 1 unspecified atom stereocenters. The van der Waals surface area contributed by atoms with Crippen LogP contribution in [0.4, 0.5) is 15.8 Å². The molecule has 0 spiro atoms.